The van der Waals surface area contributed by atoms with Crippen molar-refractivity contribution in [2.24, 2.45) is 11.7 Å². The van der Waals surface area contributed by atoms with Crippen LogP contribution in [0, 0.1) is 5.92 Å². The van der Waals surface area contributed by atoms with Gasteiger partial charge in [-0.2, -0.15) is 0 Å². The maximum atomic E-state index is 12.0. The fourth-order valence-electron chi connectivity index (χ4n) is 2.20. The molecule has 1 fully saturated rings. The van der Waals surface area contributed by atoms with Crippen molar-refractivity contribution < 1.29 is 19.5 Å². The molecule has 0 aromatic carbocycles. The van der Waals surface area contributed by atoms with Gasteiger partial charge < -0.3 is 21.5 Å². The third-order valence-corrected chi connectivity index (χ3v) is 3.29. The normalized spacial score (nSPS) is 24.5. The van der Waals surface area contributed by atoms with Crippen molar-refractivity contribution in [2.45, 2.75) is 44.7 Å². The van der Waals surface area contributed by atoms with Crippen LogP contribution >= 0.6 is 0 Å². The van der Waals surface area contributed by atoms with Gasteiger partial charge in [0.1, 0.15) is 6.04 Å². The number of carboxylic acid groups (broad SMARTS) is 1. The summed E-state index contributed by atoms with van der Waals surface area (Å²) in [7, 11) is 0. The summed E-state index contributed by atoms with van der Waals surface area (Å²) in [4.78, 5) is 33.7. The molecule has 108 valence electrons. The van der Waals surface area contributed by atoms with Crippen LogP contribution in [0.25, 0.3) is 0 Å². The summed E-state index contributed by atoms with van der Waals surface area (Å²) in [5, 5.41) is 14.7. The fourth-order valence-corrected chi connectivity index (χ4v) is 2.20. The zero-order chi connectivity index (χ0) is 14.4. The average molecular weight is 271 g/mol. The van der Waals surface area contributed by atoms with E-state index < -0.39 is 17.9 Å². The minimum Gasteiger partial charge on any atom is -0.480 e. The quantitative estimate of drug-likeness (QED) is 0.504. The molecule has 0 spiro atoms. The fraction of sp³-hybridized carbons (Fsp3) is 0.750. The Balaban J connectivity index is 2.50. The van der Waals surface area contributed by atoms with Gasteiger partial charge in [-0.25, -0.2) is 4.79 Å². The first-order valence-electron chi connectivity index (χ1n) is 6.45. The standard InChI is InChI=1S/C12H21N3O4/c1-7-6-8(4-5-14-7)11(17)15-9(12(18)19)2-3-10(13)16/h7-9,14H,2-6H2,1H3,(H2,13,16)(H,15,17)(H,18,19). The van der Waals surface area contributed by atoms with E-state index in [1.54, 1.807) is 0 Å². The molecule has 5 N–H and O–H groups in total. The van der Waals surface area contributed by atoms with Crippen LogP contribution in [0.15, 0.2) is 0 Å². The first-order valence-corrected chi connectivity index (χ1v) is 6.45. The lowest BCUT2D eigenvalue weighted by molar-refractivity contribution is -0.143. The van der Waals surface area contributed by atoms with E-state index in [-0.39, 0.29) is 30.7 Å². The molecule has 3 unspecified atom stereocenters. The van der Waals surface area contributed by atoms with Gasteiger partial charge in [0.15, 0.2) is 0 Å². The van der Waals surface area contributed by atoms with Gasteiger partial charge >= 0.3 is 5.97 Å². The number of hydrogen-bond donors (Lipinski definition) is 4. The van der Waals surface area contributed by atoms with Gasteiger partial charge in [-0.15, -0.1) is 0 Å². The lowest BCUT2D eigenvalue weighted by Crippen LogP contribution is -2.47. The Morgan fingerprint density at radius 1 is 1.47 bits per heavy atom. The topological polar surface area (TPSA) is 122 Å². The van der Waals surface area contributed by atoms with Crippen LogP contribution in [0.3, 0.4) is 0 Å². The first kappa shape index (κ1) is 15.4. The number of rotatable bonds is 6. The number of nitrogens with one attached hydrogen (secondary N) is 2. The van der Waals surface area contributed by atoms with Gasteiger partial charge in [0.25, 0.3) is 0 Å². The van der Waals surface area contributed by atoms with Crippen LogP contribution in [-0.2, 0) is 14.4 Å². The second-order valence-corrected chi connectivity index (χ2v) is 4.98. The molecule has 0 bridgehead atoms. The minimum absolute atomic E-state index is 0.0247. The second-order valence-electron chi connectivity index (χ2n) is 4.98. The van der Waals surface area contributed by atoms with Crippen LogP contribution in [0.1, 0.15) is 32.6 Å². The van der Waals surface area contributed by atoms with Gasteiger partial charge in [-0.3, -0.25) is 9.59 Å². The Bertz CT molecular complexity index is 359. The number of nitrogens with two attached hydrogens (primary N) is 1. The van der Waals surface area contributed by atoms with Crippen LogP contribution in [0.4, 0.5) is 0 Å². The van der Waals surface area contributed by atoms with E-state index in [1.165, 1.54) is 0 Å². The van der Waals surface area contributed by atoms with E-state index in [9.17, 15) is 14.4 Å². The third-order valence-electron chi connectivity index (χ3n) is 3.29. The Hall–Kier alpha value is -1.63. The summed E-state index contributed by atoms with van der Waals surface area (Å²) in [5.41, 5.74) is 4.98. The monoisotopic (exact) mass is 271 g/mol. The lowest BCUT2D eigenvalue weighted by atomic mass is 9.92. The van der Waals surface area contributed by atoms with Crippen molar-refractivity contribution in [1.29, 1.82) is 0 Å². The predicted molar refractivity (Wildman–Crippen MR) is 68.2 cm³/mol. The molecule has 19 heavy (non-hydrogen) atoms. The molecule has 1 aliphatic rings. The predicted octanol–water partition coefficient (Wildman–Crippen LogP) is -0.791. The zero-order valence-corrected chi connectivity index (χ0v) is 11.0. The first-order chi connectivity index (χ1) is 8.90. The smallest absolute Gasteiger partial charge is 0.326 e. The molecule has 0 aromatic rings. The number of carbonyl (C=O) groups is 3. The summed E-state index contributed by atoms with van der Waals surface area (Å²) in [5.74, 6) is -2.15. The van der Waals surface area contributed by atoms with E-state index in [0.29, 0.717) is 12.8 Å². The van der Waals surface area contributed by atoms with E-state index in [0.717, 1.165) is 6.54 Å². The number of aliphatic carboxylic acids is 1. The van der Waals surface area contributed by atoms with Crippen molar-refractivity contribution in [3.8, 4) is 0 Å². The molecular formula is C12H21N3O4. The molecule has 1 heterocycles. The Kier molecular flexibility index (Phi) is 5.75. The number of primary amides is 1. The maximum absolute atomic E-state index is 12.0. The number of carbonyl (C=O) groups excluding carboxylic acids is 2. The second kappa shape index (κ2) is 7.08. The summed E-state index contributed by atoms with van der Waals surface area (Å²) in [6, 6.07) is -0.802. The SMILES string of the molecule is CC1CC(C(=O)NC(CCC(N)=O)C(=O)O)CCN1. The summed E-state index contributed by atoms with van der Waals surface area (Å²) < 4.78 is 0. The highest BCUT2D eigenvalue weighted by molar-refractivity contribution is 5.85. The lowest BCUT2D eigenvalue weighted by Gasteiger charge is -2.28. The van der Waals surface area contributed by atoms with Crippen molar-refractivity contribution in [3.05, 3.63) is 0 Å². The van der Waals surface area contributed by atoms with Crippen molar-refractivity contribution in [2.75, 3.05) is 6.54 Å². The Labute approximate surface area is 111 Å². The van der Waals surface area contributed by atoms with Crippen LogP contribution in [-0.4, -0.2) is 41.5 Å². The van der Waals surface area contributed by atoms with Crippen LogP contribution < -0.4 is 16.4 Å². The largest absolute Gasteiger partial charge is 0.480 e. The number of piperidine rings is 1. The molecule has 7 nitrogen and oxygen atoms in total. The molecule has 0 aliphatic carbocycles. The Morgan fingerprint density at radius 3 is 2.68 bits per heavy atom. The molecule has 1 saturated heterocycles. The van der Waals surface area contributed by atoms with Gasteiger partial charge in [-0.1, -0.05) is 0 Å². The van der Waals surface area contributed by atoms with Crippen molar-refractivity contribution >= 4 is 17.8 Å². The van der Waals surface area contributed by atoms with Gasteiger partial charge in [0.2, 0.25) is 11.8 Å². The van der Waals surface area contributed by atoms with Crippen molar-refractivity contribution in [3.63, 3.8) is 0 Å². The molecule has 1 aliphatic heterocycles. The highest BCUT2D eigenvalue weighted by Crippen LogP contribution is 2.16. The van der Waals surface area contributed by atoms with Crippen molar-refractivity contribution in [1.82, 2.24) is 10.6 Å². The highest BCUT2D eigenvalue weighted by atomic mass is 16.4. The summed E-state index contributed by atoms with van der Waals surface area (Å²) in [6.45, 7) is 2.74. The van der Waals surface area contributed by atoms with Crippen LogP contribution in [0.2, 0.25) is 0 Å². The average Bonchev–Trinajstić information content (AvgIpc) is 2.33. The molecule has 1 rings (SSSR count). The van der Waals surface area contributed by atoms with E-state index in [2.05, 4.69) is 10.6 Å². The molecule has 2 amide bonds. The molecular weight excluding hydrogens is 250 g/mol. The number of amides is 2. The Morgan fingerprint density at radius 2 is 2.16 bits per heavy atom. The van der Waals surface area contributed by atoms with Gasteiger partial charge in [-0.05, 0) is 32.7 Å². The van der Waals surface area contributed by atoms with E-state index in [1.807, 2.05) is 6.92 Å². The number of hydrogen-bond acceptors (Lipinski definition) is 4. The molecule has 7 heteroatoms. The van der Waals surface area contributed by atoms with Gasteiger partial charge in [0, 0.05) is 18.4 Å². The zero-order valence-electron chi connectivity index (χ0n) is 11.0. The summed E-state index contributed by atoms with van der Waals surface area (Å²) >= 11 is 0. The van der Waals surface area contributed by atoms with Gasteiger partial charge in [0.05, 0.1) is 0 Å². The van der Waals surface area contributed by atoms with Crippen LogP contribution in [0.5, 0.6) is 0 Å². The summed E-state index contributed by atoms with van der Waals surface area (Å²) in [6.07, 6.45) is 1.35. The van der Waals surface area contributed by atoms with E-state index in [4.69, 9.17) is 10.8 Å². The minimum atomic E-state index is -1.14. The third kappa shape index (κ3) is 5.25. The molecule has 3 atom stereocenters. The highest BCUT2D eigenvalue weighted by Gasteiger charge is 2.28. The molecule has 0 radical (unpaired) electrons. The maximum Gasteiger partial charge on any atom is 0.326 e. The molecule has 0 saturated carbocycles. The molecule has 0 aromatic heterocycles. The number of carboxylic acids is 1. The van der Waals surface area contributed by atoms with E-state index >= 15 is 0 Å².